The summed E-state index contributed by atoms with van der Waals surface area (Å²) in [5, 5.41) is 0. The monoisotopic (exact) mass is 263 g/mol. The molecular formula is C16H14BNO2. The van der Waals surface area contributed by atoms with Gasteiger partial charge in [-0.05, 0) is 24.3 Å². The molecule has 0 aliphatic heterocycles. The standard InChI is InChI=1S/C16H14BNO2/c1-17(2)16-9-8-15(10-12(16)11-19)20-14-6-4-13(18-3)5-7-14/h4-11H,1-2H3. The van der Waals surface area contributed by atoms with E-state index in [0.29, 0.717) is 29.5 Å². The van der Waals surface area contributed by atoms with Gasteiger partial charge < -0.3 is 4.74 Å². The van der Waals surface area contributed by atoms with Gasteiger partial charge in [-0.2, -0.15) is 0 Å². The average Bonchev–Trinajstić information content (AvgIpc) is 2.47. The van der Waals surface area contributed by atoms with Crippen molar-refractivity contribution in [3.05, 3.63) is 59.4 Å². The first-order valence-electron chi connectivity index (χ1n) is 6.38. The van der Waals surface area contributed by atoms with E-state index in [9.17, 15) is 4.79 Å². The molecule has 0 aliphatic carbocycles. The van der Waals surface area contributed by atoms with Crippen LogP contribution in [0.1, 0.15) is 10.4 Å². The molecule has 0 radical (unpaired) electrons. The first-order valence-corrected chi connectivity index (χ1v) is 6.38. The Morgan fingerprint density at radius 1 is 1.10 bits per heavy atom. The minimum Gasteiger partial charge on any atom is -0.457 e. The van der Waals surface area contributed by atoms with Gasteiger partial charge in [0.2, 0.25) is 0 Å². The third-order valence-electron chi connectivity index (χ3n) is 3.01. The molecule has 2 aromatic carbocycles. The van der Waals surface area contributed by atoms with Crippen molar-refractivity contribution >= 4 is 24.1 Å². The molecule has 0 amide bonds. The van der Waals surface area contributed by atoms with Crippen LogP contribution in [-0.4, -0.2) is 13.0 Å². The predicted molar refractivity (Wildman–Crippen MR) is 81.7 cm³/mol. The average molecular weight is 263 g/mol. The largest absolute Gasteiger partial charge is 0.457 e. The predicted octanol–water partition coefficient (Wildman–Crippen LogP) is 3.80. The summed E-state index contributed by atoms with van der Waals surface area (Å²) in [5.41, 5.74) is 2.23. The van der Waals surface area contributed by atoms with Crippen LogP contribution in [0.15, 0.2) is 42.5 Å². The van der Waals surface area contributed by atoms with E-state index in [2.05, 4.69) is 4.85 Å². The van der Waals surface area contributed by atoms with Gasteiger partial charge in [0, 0.05) is 5.56 Å². The number of ether oxygens (including phenoxy) is 1. The van der Waals surface area contributed by atoms with Crippen molar-refractivity contribution < 1.29 is 9.53 Å². The van der Waals surface area contributed by atoms with Crippen LogP contribution in [0.25, 0.3) is 4.85 Å². The van der Waals surface area contributed by atoms with Crippen LogP contribution in [-0.2, 0) is 0 Å². The highest BCUT2D eigenvalue weighted by molar-refractivity contribution is 6.71. The van der Waals surface area contributed by atoms with Crippen molar-refractivity contribution in [1.82, 2.24) is 0 Å². The second kappa shape index (κ2) is 6.07. The van der Waals surface area contributed by atoms with Crippen LogP contribution >= 0.6 is 0 Å². The van der Waals surface area contributed by atoms with E-state index in [1.54, 1.807) is 30.3 Å². The Labute approximate surface area is 119 Å². The van der Waals surface area contributed by atoms with Crippen LogP contribution in [0.2, 0.25) is 13.6 Å². The summed E-state index contributed by atoms with van der Waals surface area (Å²) in [4.78, 5) is 14.5. The summed E-state index contributed by atoms with van der Waals surface area (Å²) in [7, 11) is 0. The maximum Gasteiger partial charge on any atom is 0.187 e. The molecule has 0 atom stereocenters. The second-order valence-corrected chi connectivity index (χ2v) is 4.77. The molecule has 0 aromatic heterocycles. The Kier molecular flexibility index (Phi) is 4.22. The molecule has 0 heterocycles. The Balaban J connectivity index is 2.25. The van der Waals surface area contributed by atoms with Crippen LogP contribution in [0.5, 0.6) is 11.5 Å². The number of aldehydes is 1. The lowest BCUT2D eigenvalue weighted by atomic mass is 9.48. The van der Waals surface area contributed by atoms with Crippen molar-refractivity contribution in [1.29, 1.82) is 0 Å². The van der Waals surface area contributed by atoms with Gasteiger partial charge in [0.15, 0.2) is 12.4 Å². The van der Waals surface area contributed by atoms with Crippen LogP contribution in [0.3, 0.4) is 0 Å². The summed E-state index contributed by atoms with van der Waals surface area (Å²) < 4.78 is 5.69. The lowest BCUT2D eigenvalue weighted by molar-refractivity contribution is 0.112. The van der Waals surface area contributed by atoms with Gasteiger partial charge in [-0.3, -0.25) is 4.79 Å². The number of hydrogen-bond acceptors (Lipinski definition) is 2. The second-order valence-electron chi connectivity index (χ2n) is 4.77. The molecule has 0 bridgehead atoms. The van der Waals surface area contributed by atoms with E-state index < -0.39 is 0 Å². The molecule has 4 heteroatoms. The molecule has 0 unspecified atom stereocenters. The maximum atomic E-state index is 11.1. The fraction of sp³-hybridized carbons (Fsp3) is 0.125. The smallest absolute Gasteiger partial charge is 0.187 e. The third-order valence-corrected chi connectivity index (χ3v) is 3.01. The molecule has 0 fully saturated rings. The first-order chi connectivity index (χ1) is 9.63. The highest BCUT2D eigenvalue weighted by Crippen LogP contribution is 2.24. The third kappa shape index (κ3) is 3.07. The summed E-state index contributed by atoms with van der Waals surface area (Å²) >= 11 is 0. The zero-order chi connectivity index (χ0) is 14.5. The minimum atomic E-state index is 0.294. The lowest BCUT2D eigenvalue weighted by Gasteiger charge is -2.10. The molecule has 2 rings (SSSR count). The summed E-state index contributed by atoms with van der Waals surface area (Å²) in [6, 6.07) is 12.4. The Bertz CT molecular complexity index is 657. The fourth-order valence-corrected chi connectivity index (χ4v) is 1.97. The van der Waals surface area contributed by atoms with Crippen molar-refractivity contribution in [2.75, 3.05) is 0 Å². The van der Waals surface area contributed by atoms with E-state index in [4.69, 9.17) is 11.3 Å². The van der Waals surface area contributed by atoms with Gasteiger partial charge in [-0.1, -0.05) is 37.3 Å². The normalized spacial score (nSPS) is 9.65. The van der Waals surface area contributed by atoms with Crippen LogP contribution in [0.4, 0.5) is 5.69 Å². The highest BCUT2D eigenvalue weighted by Gasteiger charge is 2.10. The number of nitrogens with zero attached hydrogens (tertiary/aromatic N) is 1. The van der Waals surface area contributed by atoms with Crippen LogP contribution in [0, 0.1) is 6.57 Å². The van der Waals surface area contributed by atoms with Crippen molar-refractivity contribution in [2.45, 2.75) is 13.6 Å². The molecule has 0 spiro atoms. The number of carbonyl (C=O) groups is 1. The lowest BCUT2D eigenvalue weighted by Crippen LogP contribution is -2.26. The molecule has 0 N–H and O–H groups in total. The van der Waals surface area contributed by atoms with Crippen molar-refractivity contribution in [2.24, 2.45) is 0 Å². The van der Waals surface area contributed by atoms with Gasteiger partial charge in [0.1, 0.15) is 17.8 Å². The minimum absolute atomic E-state index is 0.294. The molecule has 2 aromatic rings. The van der Waals surface area contributed by atoms with E-state index in [1.165, 1.54) is 0 Å². The fourth-order valence-electron chi connectivity index (χ4n) is 1.97. The first kappa shape index (κ1) is 13.9. The number of rotatable bonds is 4. The quantitative estimate of drug-likeness (QED) is 0.477. The van der Waals surface area contributed by atoms with Crippen molar-refractivity contribution in [3.8, 4) is 11.5 Å². The highest BCUT2D eigenvalue weighted by atomic mass is 16.5. The van der Waals surface area contributed by atoms with E-state index in [0.717, 1.165) is 11.7 Å². The zero-order valence-electron chi connectivity index (χ0n) is 11.5. The Morgan fingerprint density at radius 3 is 2.30 bits per heavy atom. The van der Waals surface area contributed by atoms with Gasteiger partial charge in [-0.25, -0.2) is 4.85 Å². The number of benzene rings is 2. The van der Waals surface area contributed by atoms with E-state index in [-0.39, 0.29) is 0 Å². The zero-order valence-corrected chi connectivity index (χ0v) is 11.5. The molecular weight excluding hydrogens is 249 g/mol. The number of carbonyl (C=O) groups excluding carboxylic acids is 1. The Morgan fingerprint density at radius 2 is 1.75 bits per heavy atom. The van der Waals surface area contributed by atoms with Crippen molar-refractivity contribution in [3.63, 3.8) is 0 Å². The molecule has 0 saturated carbocycles. The maximum absolute atomic E-state index is 11.1. The van der Waals surface area contributed by atoms with Gasteiger partial charge in [-0.15, -0.1) is 0 Å². The van der Waals surface area contributed by atoms with E-state index >= 15 is 0 Å². The molecule has 0 saturated heterocycles. The summed E-state index contributed by atoms with van der Waals surface area (Å²) in [6.45, 7) is 11.3. The molecule has 20 heavy (non-hydrogen) atoms. The molecule has 98 valence electrons. The van der Waals surface area contributed by atoms with Gasteiger partial charge in [0.05, 0.1) is 6.57 Å². The van der Waals surface area contributed by atoms with Gasteiger partial charge in [0.25, 0.3) is 0 Å². The molecule has 0 aliphatic rings. The summed E-state index contributed by atoms with van der Waals surface area (Å²) in [5.74, 6) is 1.26. The number of hydrogen-bond donors (Lipinski definition) is 0. The SMILES string of the molecule is [C-]#[N+]c1ccc(Oc2ccc(B(C)C)c(C=O)c2)cc1. The topological polar surface area (TPSA) is 30.7 Å². The van der Waals surface area contributed by atoms with Gasteiger partial charge >= 0.3 is 0 Å². The summed E-state index contributed by atoms with van der Waals surface area (Å²) in [6.07, 6.45) is 0.851. The van der Waals surface area contributed by atoms with Crippen LogP contribution < -0.4 is 10.2 Å². The molecule has 3 nitrogen and oxygen atoms in total. The Hall–Kier alpha value is -2.54. The van der Waals surface area contributed by atoms with E-state index in [1.807, 2.05) is 25.8 Å².